The summed E-state index contributed by atoms with van der Waals surface area (Å²) in [6, 6.07) is 5.97. The molecular formula is C14H21N3O. The van der Waals surface area contributed by atoms with Gasteiger partial charge >= 0.3 is 0 Å². The topological polar surface area (TPSA) is 45.2 Å². The van der Waals surface area contributed by atoms with Crippen molar-refractivity contribution in [3.8, 4) is 0 Å². The summed E-state index contributed by atoms with van der Waals surface area (Å²) in [6.45, 7) is 4.95. The molecule has 18 heavy (non-hydrogen) atoms. The molecule has 0 aromatic carbocycles. The van der Waals surface area contributed by atoms with Crippen LogP contribution in [-0.2, 0) is 11.3 Å². The molecule has 0 aliphatic carbocycles. The summed E-state index contributed by atoms with van der Waals surface area (Å²) < 4.78 is 0. The first-order chi connectivity index (χ1) is 8.88. The highest BCUT2D eigenvalue weighted by Crippen LogP contribution is 2.13. The number of carbonyl (C=O) groups excluding carboxylic acids is 1. The van der Waals surface area contributed by atoms with Gasteiger partial charge in [0.2, 0.25) is 0 Å². The summed E-state index contributed by atoms with van der Waals surface area (Å²) in [6.07, 6.45) is 4.96. The first kappa shape index (κ1) is 13.2. The number of rotatable bonds is 6. The Morgan fingerprint density at radius 2 is 2.22 bits per heavy atom. The van der Waals surface area contributed by atoms with Gasteiger partial charge in [-0.3, -0.25) is 4.98 Å². The van der Waals surface area contributed by atoms with Crippen molar-refractivity contribution in [1.82, 2.24) is 15.2 Å². The Morgan fingerprint density at radius 3 is 2.89 bits per heavy atom. The fraction of sp³-hybridized carbons (Fsp3) is 0.571. The standard InChI is InChI=1S/C14H21N3O/c18-12-13-4-8-17(9-5-13)10-7-15-11-14-3-1-2-6-16-14/h1-3,6,12-13,15H,4-5,7-11H2. The third-order valence-electron chi connectivity index (χ3n) is 3.46. The minimum absolute atomic E-state index is 0.294. The second-order valence-corrected chi connectivity index (χ2v) is 4.81. The molecule has 4 nitrogen and oxygen atoms in total. The molecule has 0 bridgehead atoms. The van der Waals surface area contributed by atoms with Gasteiger partial charge in [0.15, 0.2) is 0 Å². The second kappa shape index (κ2) is 7.24. The molecule has 0 amide bonds. The number of likely N-dealkylation sites (tertiary alicyclic amines) is 1. The molecule has 1 aliphatic heterocycles. The van der Waals surface area contributed by atoms with Crippen LogP contribution in [0.3, 0.4) is 0 Å². The van der Waals surface area contributed by atoms with Crippen molar-refractivity contribution in [3.05, 3.63) is 30.1 Å². The molecule has 4 heteroatoms. The third kappa shape index (κ3) is 4.20. The van der Waals surface area contributed by atoms with E-state index in [-0.39, 0.29) is 0 Å². The molecule has 1 aromatic rings. The second-order valence-electron chi connectivity index (χ2n) is 4.81. The summed E-state index contributed by atoms with van der Waals surface area (Å²) in [5, 5.41) is 3.40. The van der Waals surface area contributed by atoms with Crippen LogP contribution in [0, 0.1) is 5.92 Å². The maximum absolute atomic E-state index is 10.6. The van der Waals surface area contributed by atoms with Crippen molar-refractivity contribution in [2.45, 2.75) is 19.4 Å². The summed E-state index contributed by atoms with van der Waals surface area (Å²) in [5.74, 6) is 0.294. The quantitative estimate of drug-likeness (QED) is 0.603. The maximum Gasteiger partial charge on any atom is 0.123 e. The highest BCUT2D eigenvalue weighted by molar-refractivity contribution is 5.53. The molecule has 0 radical (unpaired) electrons. The smallest absolute Gasteiger partial charge is 0.123 e. The van der Waals surface area contributed by atoms with Crippen molar-refractivity contribution in [1.29, 1.82) is 0 Å². The molecular weight excluding hydrogens is 226 g/mol. The monoisotopic (exact) mass is 247 g/mol. The van der Waals surface area contributed by atoms with E-state index in [9.17, 15) is 4.79 Å². The van der Waals surface area contributed by atoms with Gasteiger partial charge in [0.25, 0.3) is 0 Å². The van der Waals surface area contributed by atoms with Crippen LogP contribution in [0.25, 0.3) is 0 Å². The molecule has 1 aromatic heterocycles. The van der Waals surface area contributed by atoms with Crippen molar-refractivity contribution in [3.63, 3.8) is 0 Å². The number of hydrogen-bond donors (Lipinski definition) is 1. The van der Waals surface area contributed by atoms with E-state index >= 15 is 0 Å². The molecule has 2 heterocycles. The van der Waals surface area contributed by atoms with Gasteiger partial charge in [-0.2, -0.15) is 0 Å². The molecule has 2 rings (SSSR count). The normalized spacial score (nSPS) is 17.8. The highest BCUT2D eigenvalue weighted by Gasteiger charge is 2.17. The number of nitrogens with one attached hydrogen (secondary N) is 1. The molecule has 1 aliphatic rings. The zero-order valence-corrected chi connectivity index (χ0v) is 10.7. The lowest BCUT2D eigenvalue weighted by molar-refractivity contribution is -0.112. The van der Waals surface area contributed by atoms with Crippen LogP contribution in [-0.4, -0.2) is 42.3 Å². The molecule has 1 fully saturated rings. The first-order valence-corrected chi connectivity index (χ1v) is 6.67. The minimum Gasteiger partial charge on any atom is -0.310 e. The van der Waals surface area contributed by atoms with Gasteiger partial charge in [-0.05, 0) is 38.1 Å². The molecule has 0 unspecified atom stereocenters. The van der Waals surface area contributed by atoms with E-state index in [1.54, 1.807) is 0 Å². The average Bonchev–Trinajstić information content (AvgIpc) is 2.45. The Hall–Kier alpha value is -1.26. The van der Waals surface area contributed by atoms with Gasteiger partial charge in [0, 0.05) is 31.7 Å². The highest BCUT2D eigenvalue weighted by atomic mass is 16.1. The van der Waals surface area contributed by atoms with E-state index in [0.717, 1.165) is 57.5 Å². The summed E-state index contributed by atoms with van der Waals surface area (Å²) in [5.41, 5.74) is 1.08. The number of carbonyl (C=O) groups is 1. The van der Waals surface area contributed by atoms with Gasteiger partial charge in [-0.25, -0.2) is 0 Å². The van der Waals surface area contributed by atoms with E-state index < -0.39 is 0 Å². The van der Waals surface area contributed by atoms with E-state index in [2.05, 4.69) is 15.2 Å². The van der Waals surface area contributed by atoms with Crippen LogP contribution in [0.2, 0.25) is 0 Å². The number of aromatic nitrogens is 1. The van der Waals surface area contributed by atoms with Crippen LogP contribution in [0.15, 0.2) is 24.4 Å². The lowest BCUT2D eigenvalue weighted by atomic mass is 9.99. The number of pyridine rings is 1. The van der Waals surface area contributed by atoms with Crippen molar-refractivity contribution < 1.29 is 4.79 Å². The summed E-state index contributed by atoms with van der Waals surface area (Å²) in [4.78, 5) is 17.3. The van der Waals surface area contributed by atoms with Crippen molar-refractivity contribution in [2.24, 2.45) is 5.92 Å². The van der Waals surface area contributed by atoms with Crippen LogP contribution < -0.4 is 5.32 Å². The third-order valence-corrected chi connectivity index (χ3v) is 3.46. The molecule has 0 saturated carbocycles. The van der Waals surface area contributed by atoms with Crippen LogP contribution in [0.1, 0.15) is 18.5 Å². The van der Waals surface area contributed by atoms with Gasteiger partial charge in [0.05, 0.1) is 5.69 Å². The number of piperidine rings is 1. The summed E-state index contributed by atoms with van der Waals surface area (Å²) >= 11 is 0. The molecule has 1 saturated heterocycles. The SMILES string of the molecule is O=CC1CCN(CCNCc2ccccn2)CC1. The fourth-order valence-electron chi connectivity index (χ4n) is 2.27. The van der Waals surface area contributed by atoms with Crippen molar-refractivity contribution >= 4 is 6.29 Å². The van der Waals surface area contributed by atoms with E-state index in [0.29, 0.717) is 5.92 Å². The van der Waals surface area contributed by atoms with Gasteiger partial charge in [-0.15, -0.1) is 0 Å². The number of aldehydes is 1. The largest absolute Gasteiger partial charge is 0.310 e. The summed E-state index contributed by atoms with van der Waals surface area (Å²) in [7, 11) is 0. The Labute approximate surface area is 108 Å². The average molecular weight is 247 g/mol. The zero-order valence-electron chi connectivity index (χ0n) is 10.7. The van der Waals surface area contributed by atoms with E-state index in [4.69, 9.17) is 0 Å². The predicted molar refractivity (Wildman–Crippen MR) is 71.2 cm³/mol. The van der Waals surface area contributed by atoms with Gasteiger partial charge in [-0.1, -0.05) is 6.07 Å². The molecule has 0 spiro atoms. The molecule has 1 N–H and O–H groups in total. The fourth-order valence-corrected chi connectivity index (χ4v) is 2.27. The minimum atomic E-state index is 0.294. The van der Waals surface area contributed by atoms with E-state index in [1.807, 2.05) is 24.4 Å². The Balaban J connectivity index is 1.58. The Bertz CT molecular complexity index is 347. The maximum atomic E-state index is 10.6. The van der Waals surface area contributed by atoms with Crippen LogP contribution >= 0.6 is 0 Å². The van der Waals surface area contributed by atoms with Crippen molar-refractivity contribution in [2.75, 3.05) is 26.2 Å². The lowest BCUT2D eigenvalue weighted by Crippen LogP contribution is -2.38. The molecule has 0 atom stereocenters. The van der Waals surface area contributed by atoms with E-state index in [1.165, 1.54) is 0 Å². The Kier molecular flexibility index (Phi) is 5.30. The van der Waals surface area contributed by atoms with Gasteiger partial charge < -0.3 is 15.0 Å². The Morgan fingerprint density at radius 1 is 1.39 bits per heavy atom. The lowest BCUT2D eigenvalue weighted by Gasteiger charge is -2.29. The first-order valence-electron chi connectivity index (χ1n) is 6.67. The van der Waals surface area contributed by atoms with Gasteiger partial charge in [0.1, 0.15) is 6.29 Å². The van der Waals surface area contributed by atoms with Crippen LogP contribution in [0.5, 0.6) is 0 Å². The predicted octanol–water partition coefficient (Wildman–Crippen LogP) is 1.08. The molecule has 98 valence electrons. The zero-order chi connectivity index (χ0) is 12.6. The number of hydrogen-bond acceptors (Lipinski definition) is 4. The number of nitrogens with zero attached hydrogens (tertiary/aromatic N) is 2. The van der Waals surface area contributed by atoms with Crippen LogP contribution in [0.4, 0.5) is 0 Å².